The van der Waals surface area contributed by atoms with Gasteiger partial charge in [-0.25, -0.2) is 0 Å². The third-order valence-electron chi connectivity index (χ3n) is 3.08. The van der Waals surface area contributed by atoms with E-state index in [-0.39, 0.29) is 17.0 Å². The van der Waals surface area contributed by atoms with Crippen LogP contribution in [0.5, 0.6) is 0 Å². The van der Waals surface area contributed by atoms with Crippen molar-refractivity contribution in [2.45, 2.75) is 32.1 Å². The van der Waals surface area contributed by atoms with Crippen molar-refractivity contribution in [3.63, 3.8) is 0 Å². The SMILES string of the molecule is NC(=O)Cc1cc2c(c([N+](=O)[O-])c1)CCCC2. The van der Waals surface area contributed by atoms with Crippen LogP contribution in [0.1, 0.15) is 29.5 Å². The number of amides is 1. The van der Waals surface area contributed by atoms with Gasteiger partial charge in [-0.2, -0.15) is 0 Å². The maximum absolute atomic E-state index is 11.0. The van der Waals surface area contributed by atoms with E-state index in [1.165, 1.54) is 6.07 Å². The molecule has 0 saturated heterocycles. The lowest BCUT2D eigenvalue weighted by atomic mass is 9.88. The number of nitrogens with zero attached hydrogens (tertiary/aromatic N) is 1. The number of benzene rings is 1. The maximum Gasteiger partial charge on any atom is 0.273 e. The van der Waals surface area contributed by atoms with Crippen molar-refractivity contribution in [3.8, 4) is 0 Å². The fourth-order valence-corrected chi connectivity index (χ4v) is 2.37. The molecule has 90 valence electrons. The Morgan fingerprint density at radius 3 is 2.71 bits per heavy atom. The third kappa shape index (κ3) is 2.43. The predicted molar refractivity (Wildman–Crippen MR) is 62.6 cm³/mol. The second-order valence-electron chi connectivity index (χ2n) is 4.36. The lowest BCUT2D eigenvalue weighted by Crippen LogP contribution is -2.15. The molecule has 1 aliphatic carbocycles. The standard InChI is InChI=1S/C12H14N2O3/c13-12(15)7-8-5-9-3-1-2-4-10(9)11(6-8)14(16)17/h5-6H,1-4,7H2,(H2,13,15). The van der Waals surface area contributed by atoms with Gasteiger partial charge in [0, 0.05) is 11.6 Å². The molecule has 0 unspecified atom stereocenters. The van der Waals surface area contributed by atoms with Crippen molar-refractivity contribution >= 4 is 11.6 Å². The minimum absolute atomic E-state index is 0.0636. The summed E-state index contributed by atoms with van der Waals surface area (Å²) < 4.78 is 0. The number of rotatable bonds is 3. The molecule has 0 radical (unpaired) electrons. The van der Waals surface area contributed by atoms with Crippen molar-refractivity contribution < 1.29 is 9.72 Å². The zero-order valence-corrected chi connectivity index (χ0v) is 9.44. The fourth-order valence-electron chi connectivity index (χ4n) is 2.37. The molecule has 0 heterocycles. The zero-order valence-electron chi connectivity index (χ0n) is 9.44. The molecule has 0 aliphatic heterocycles. The molecule has 2 rings (SSSR count). The molecule has 1 aliphatic rings. The Kier molecular flexibility index (Phi) is 3.08. The van der Waals surface area contributed by atoms with E-state index in [0.29, 0.717) is 5.56 Å². The highest BCUT2D eigenvalue weighted by Gasteiger charge is 2.22. The summed E-state index contributed by atoms with van der Waals surface area (Å²) in [7, 11) is 0. The average molecular weight is 234 g/mol. The van der Waals surface area contributed by atoms with Crippen LogP contribution >= 0.6 is 0 Å². The van der Waals surface area contributed by atoms with Gasteiger partial charge < -0.3 is 5.73 Å². The second-order valence-corrected chi connectivity index (χ2v) is 4.36. The molecule has 1 amide bonds. The number of hydrogen-bond donors (Lipinski definition) is 1. The first-order valence-electron chi connectivity index (χ1n) is 5.65. The van der Waals surface area contributed by atoms with Gasteiger partial charge in [-0.3, -0.25) is 14.9 Å². The summed E-state index contributed by atoms with van der Waals surface area (Å²) >= 11 is 0. The first-order chi connectivity index (χ1) is 8.08. The summed E-state index contributed by atoms with van der Waals surface area (Å²) in [6.07, 6.45) is 3.70. The Morgan fingerprint density at radius 2 is 2.06 bits per heavy atom. The van der Waals surface area contributed by atoms with Crippen LogP contribution in [-0.2, 0) is 24.1 Å². The normalized spacial score (nSPS) is 14.1. The highest BCUT2D eigenvalue weighted by Crippen LogP contribution is 2.31. The van der Waals surface area contributed by atoms with Crippen LogP contribution in [0.4, 0.5) is 5.69 Å². The first kappa shape index (κ1) is 11.6. The van der Waals surface area contributed by atoms with Gasteiger partial charge in [-0.15, -0.1) is 0 Å². The van der Waals surface area contributed by atoms with Crippen LogP contribution in [0.2, 0.25) is 0 Å². The van der Waals surface area contributed by atoms with Gasteiger partial charge in [0.1, 0.15) is 0 Å². The van der Waals surface area contributed by atoms with Crippen LogP contribution in [0.15, 0.2) is 12.1 Å². The number of nitro benzene ring substituents is 1. The Bertz CT molecular complexity index is 483. The largest absolute Gasteiger partial charge is 0.369 e. The van der Waals surface area contributed by atoms with Crippen molar-refractivity contribution in [3.05, 3.63) is 38.9 Å². The zero-order chi connectivity index (χ0) is 12.4. The molecule has 0 atom stereocenters. The summed E-state index contributed by atoms with van der Waals surface area (Å²) in [5.74, 6) is -0.463. The number of fused-ring (bicyclic) bond motifs is 1. The molecule has 1 aromatic rings. The number of primary amides is 1. The van der Waals surface area contributed by atoms with Crippen molar-refractivity contribution in [2.75, 3.05) is 0 Å². The lowest BCUT2D eigenvalue weighted by molar-refractivity contribution is -0.385. The smallest absolute Gasteiger partial charge is 0.273 e. The van der Waals surface area contributed by atoms with E-state index in [1.807, 2.05) is 6.07 Å². The minimum Gasteiger partial charge on any atom is -0.369 e. The molecule has 1 aromatic carbocycles. The van der Waals surface area contributed by atoms with Crippen LogP contribution in [0.3, 0.4) is 0 Å². The lowest BCUT2D eigenvalue weighted by Gasteiger charge is -2.16. The highest BCUT2D eigenvalue weighted by molar-refractivity contribution is 5.77. The number of carbonyl (C=O) groups is 1. The van der Waals surface area contributed by atoms with Gasteiger partial charge in [0.05, 0.1) is 11.3 Å². The van der Waals surface area contributed by atoms with Gasteiger partial charge in [-0.05, 0) is 36.8 Å². The summed E-state index contributed by atoms with van der Waals surface area (Å²) in [6, 6.07) is 3.36. The van der Waals surface area contributed by atoms with E-state index in [1.54, 1.807) is 0 Å². The van der Waals surface area contributed by atoms with Gasteiger partial charge in [0.25, 0.3) is 5.69 Å². The summed E-state index contributed by atoms with van der Waals surface area (Å²) in [4.78, 5) is 21.5. The maximum atomic E-state index is 11.0. The third-order valence-corrected chi connectivity index (χ3v) is 3.08. The summed E-state index contributed by atoms with van der Waals surface area (Å²) in [5.41, 5.74) is 7.73. The molecule has 5 heteroatoms. The molecular weight excluding hydrogens is 220 g/mol. The van der Waals surface area contributed by atoms with Gasteiger partial charge in [0.15, 0.2) is 0 Å². The van der Waals surface area contributed by atoms with Gasteiger partial charge >= 0.3 is 0 Å². The molecule has 5 nitrogen and oxygen atoms in total. The Morgan fingerprint density at radius 1 is 1.35 bits per heavy atom. The number of nitrogens with two attached hydrogens (primary N) is 1. The van der Waals surface area contributed by atoms with E-state index < -0.39 is 5.91 Å². The van der Waals surface area contributed by atoms with E-state index in [4.69, 9.17) is 5.73 Å². The topological polar surface area (TPSA) is 86.2 Å². The van der Waals surface area contributed by atoms with E-state index in [2.05, 4.69) is 0 Å². The summed E-state index contributed by atoms with van der Waals surface area (Å²) in [5, 5.41) is 11.0. The minimum atomic E-state index is -0.463. The van der Waals surface area contributed by atoms with Crippen molar-refractivity contribution in [1.29, 1.82) is 0 Å². The number of hydrogen-bond acceptors (Lipinski definition) is 3. The van der Waals surface area contributed by atoms with Crippen LogP contribution in [0, 0.1) is 10.1 Å². The second kappa shape index (κ2) is 4.53. The Labute approximate surface area is 98.8 Å². The first-order valence-corrected chi connectivity index (χ1v) is 5.65. The molecule has 2 N–H and O–H groups in total. The Hall–Kier alpha value is -1.91. The monoisotopic (exact) mass is 234 g/mol. The van der Waals surface area contributed by atoms with Crippen LogP contribution in [0.25, 0.3) is 0 Å². The Balaban J connectivity index is 2.48. The number of nitro groups is 1. The van der Waals surface area contributed by atoms with Crippen molar-refractivity contribution in [2.24, 2.45) is 5.73 Å². The molecule has 0 bridgehead atoms. The summed E-state index contributed by atoms with van der Waals surface area (Å²) in [6.45, 7) is 0. The van der Waals surface area contributed by atoms with E-state index in [9.17, 15) is 14.9 Å². The van der Waals surface area contributed by atoms with Crippen LogP contribution in [-0.4, -0.2) is 10.8 Å². The van der Waals surface area contributed by atoms with Crippen LogP contribution < -0.4 is 5.73 Å². The van der Waals surface area contributed by atoms with E-state index >= 15 is 0 Å². The molecule has 0 spiro atoms. The average Bonchev–Trinajstić information content (AvgIpc) is 2.27. The molecule has 17 heavy (non-hydrogen) atoms. The number of carbonyl (C=O) groups excluding carboxylic acids is 1. The molecule has 0 saturated carbocycles. The van der Waals surface area contributed by atoms with E-state index in [0.717, 1.165) is 36.8 Å². The van der Waals surface area contributed by atoms with Gasteiger partial charge in [-0.1, -0.05) is 6.07 Å². The van der Waals surface area contributed by atoms with Gasteiger partial charge in [0.2, 0.25) is 5.91 Å². The molecule has 0 fully saturated rings. The molecular formula is C12H14N2O3. The predicted octanol–water partition coefficient (Wildman–Crippen LogP) is 1.50. The number of aryl methyl sites for hydroxylation is 1. The highest BCUT2D eigenvalue weighted by atomic mass is 16.6. The fraction of sp³-hybridized carbons (Fsp3) is 0.417. The quantitative estimate of drug-likeness (QED) is 0.635. The molecule has 0 aromatic heterocycles. The van der Waals surface area contributed by atoms with Crippen molar-refractivity contribution in [1.82, 2.24) is 0 Å².